The highest BCUT2D eigenvalue weighted by Gasteiger charge is 2.19. The van der Waals surface area contributed by atoms with Gasteiger partial charge in [0.1, 0.15) is 4.90 Å². The minimum atomic E-state index is -3.98. The standard InChI is InChI=1S/C10H10ClNO4S/c1-6(13)8-3-4-10(9(11)5-8)17(15,16)12-7(2)14/h3-5H,1-2H3,(H,12,14). The molecule has 92 valence electrons. The van der Waals surface area contributed by atoms with Crippen molar-refractivity contribution in [2.45, 2.75) is 18.7 Å². The van der Waals surface area contributed by atoms with E-state index in [2.05, 4.69) is 0 Å². The van der Waals surface area contributed by atoms with Crippen LogP contribution >= 0.6 is 11.6 Å². The Morgan fingerprint density at radius 3 is 2.24 bits per heavy atom. The molecule has 1 rings (SSSR count). The summed E-state index contributed by atoms with van der Waals surface area (Å²) >= 11 is 5.76. The van der Waals surface area contributed by atoms with Crippen LogP contribution in [0.2, 0.25) is 5.02 Å². The number of hydrogen-bond acceptors (Lipinski definition) is 4. The Balaban J connectivity index is 3.25. The van der Waals surface area contributed by atoms with Crippen molar-refractivity contribution in [3.63, 3.8) is 0 Å². The van der Waals surface area contributed by atoms with E-state index in [1.165, 1.54) is 25.1 Å². The highest BCUT2D eigenvalue weighted by atomic mass is 35.5. The van der Waals surface area contributed by atoms with E-state index in [0.717, 1.165) is 6.92 Å². The van der Waals surface area contributed by atoms with Crippen LogP contribution in [0.1, 0.15) is 24.2 Å². The molecule has 0 aliphatic carbocycles. The molecule has 0 heterocycles. The van der Waals surface area contributed by atoms with Gasteiger partial charge in [-0.3, -0.25) is 9.59 Å². The van der Waals surface area contributed by atoms with Crippen LogP contribution in [0.5, 0.6) is 0 Å². The Labute approximate surface area is 104 Å². The number of Topliss-reactive ketones (excluding diaryl/α,β-unsaturated/α-hetero) is 1. The van der Waals surface area contributed by atoms with Gasteiger partial charge in [-0.15, -0.1) is 0 Å². The Bertz CT molecular complexity index is 580. The van der Waals surface area contributed by atoms with Gasteiger partial charge in [0.15, 0.2) is 5.78 Å². The molecule has 0 radical (unpaired) electrons. The Kier molecular flexibility index (Phi) is 3.90. The predicted octanol–water partition coefficient (Wildman–Crippen LogP) is 1.37. The van der Waals surface area contributed by atoms with Gasteiger partial charge in [0.2, 0.25) is 5.91 Å². The number of rotatable bonds is 3. The second-order valence-corrected chi connectivity index (χ2v) is 5.42. The highest BCUT2D eigenvalue weighted by molar-refractivity contribution is 7.90. The van der Waals surface area contributed by atoms with Crippen molar-refractivity contribution in [2.24, 2.45) is 0 Å². The fourth-order valence-corrected chi connectivity index (χ4v) is 2.72. The maximum Gasteiger partial charge on any atom is 0.265 e. The number of hydrogen-bond donors (Lipinski definition) is 1. The van der Waals surface area contributed by atoms with Gasteiger partial charge in [0, 0.05) is 12.5 Å². The van der Waals surface area contributed by atoms with Gasteiger partial charge in [0.25, 0.3) is 10.0 Å². The lowest BCUT2D eigenvalue weighted by Gasteiger charge is -2.07. The summed E-state index contributed by atoms with van der Waals surface area (Å²) in [6, 6.07) is 3.77. The maximum absolute atomic E-state index is 11.6. The molecule has 1 N–H and O–H groups in total. The summed E-state index contributed by atoms with van der Waals surface area (Å²) in [7, 11) is -3.98. The van der Waals surface area contributed by atoms with Crippen LogP contribution in [-0.2, 0) is 14.8 Å². The predicted molar refractivity (Wildman–Crippen MR) is 62.5 cm³/mol. The first-order chi connectivity index (χ1) is 7.74. The quantitative estimate of drug-likeness (QED) is 0.845. The molecular formula is C10H10ClNO4S. The van der Waals surface area contributed by atoms with Crippen molar-refractivity contribution in [2.75, 3.05) is 0 Å². The van der Waals surface area contributed by atoms with Gasteiger partial charge in [-0.1, -0.05) is 11.6 Å². The van der Waals surface area contributed by atoms with Crippen molar-refractivity contribution in [3.05, 3.63) is 28.8 Å². The molecule has 0 unspecified atom stereocenters. The summed E-state index contributed by atoms with van der Waals surface area (Å²) in [5, 5.41) is -0.105. The molecule has 0 aliphatic heterocycles. The normalized spacial score (nSPS) is 11.0. The highest BCUT2D eigenvalue weighted by Crippen LogP contribution is 2.22. The summed E-state index contributed by atoms with van der Waals surface area (Å²) in [4.78, 5) is 21.6. The fourth-order valence-electron chi connectivity index (χ4n) is 1.18. The lowest BCUT2D eigenvalue weighted by molar-refractivity contribution is -0.117. The lowest BCUT2D eigenvalue weighted by atomic mass is 10.1. The Morgan fingerprint density at radius 1 is 1.24 bits per heavy atom. The molecule has 1 amide bonds. The molecule has 1 aromatic carbocycles. The smallest absolute Gasteiger partial charge is 0.265 e. The number of ketones is 1. The van der Waals surface area contributed by atoms with E-state index >= 15 is 0 Å². The third kappa shape index (κ3) is 3.28. The van der Waals surface area contributed by atoms with Crippen LogP contribution in [0.4, 0.5) is 0 Å². The number of halogens is 1. The van der Waals surface area contributed by atoms with Crippen LogP contribution in [-0.4, -0.2) is 20.1 Å². The number of nitrogens with one attached hydrogen (secondary N) is 1. The zero-order chi connectivity index (χ0) is 13.2. The lowest BCUT2D eigenvalue weighted by Crippen LogP contribution is -2.28. The third-order valence-electron chi connectivity index (χ3n) is 1.91. The van der Waals surface area contributed by atoms with Gasteiger partial charge in [0.05, 0.1) is 5.02 Å². The first-order valence-electron chi connectivity index (χ1n) is 4.58. The number of carbonyl (C=O) groups excluding carboxylic acids is 2. The SMILES string of the molecule is CC(=O)NS(=O)(=O)c1ccc(C(C)=O)cc1Cl. The second kappa shape index (κ2) is 4.85. The summed E-state index contributed by atoms with van der Waals surface area (Å²) in [6.07, 6.45) is 0. The number of benzene rings is 1. The number of sulfonamides is 1. The van der Waals surface area contributed by atoms with Crippen LogP contribution in [0.15, 0.2) is 23.1 Å². The molecule has 7 heteroatoms. The molecular weight excluding hydrogens is 266 g/mol. The van der Waals surface area contributed by atoms with E-state index in [9.17, 15) is 18.0 Å². The molecule has 0 aliphatic rings. The molecule has 0 aromatic heterocycles. The van der Waals surface area contributed by atoms with Gasteiger partial charge in [-0.2, -0.15) is 0 Å². The van der Waals surface area contributed by atoms with E-state index in [0.29, 0.717) is 5.56 Å². The molecule has 0 saturated carbocycles. The van der Waals surface area contributed by atoms with Crippen LogP contribution < -0.4 is 4.72 Å². The molecule has 17 heavy (non-hydrogen) atoms. The Hall–Kier alpha value is -1.40. The summed E-state index contributed by atoms with van der Waals surface area (Å²) in [6.45, 7) is 2.42. The molecule has 1 aromatic rings. The molecule has 0 fully saturated rings. The minimum Gasteiger partial charge on any atom is -0.295 e. The first-order valence-corrected chi connectivity index (χ1v) is 6.44. The monoisotopic (exact) mass is 275 g/mol. The van der Waals surface area contributed by atoms with Gasteiger partial charge in [-0.05, 0) is 25.1 Å². The molecule has 0 spiro atoms. The van der Waals surface area contributed by atoms with Crippen molar-refractivity contribution in [1.29, 1.82) is 0 Å². The van der Waals surface area contributed by atoms with Crippen molar-refractivity contribution in [1.82, 2.24) is 4.72 Å². The first kappa shape index (κ1) is 13.7. The number of amides is 1. The van der Waals surface area contributed by atoms with Gasteiger partial charge in [-0.25, -0.2) is 13.1 Å². The van der Waals surface area contributed by atoms with Crippen LogP contribution in [0, 0.1) is 0 Å². The van der Waals surface area contributed by atoms with E-state index in [1.54, 1.807) is 4.72 Å². The van der Waals surface area contributed by atoms with E-state index in [4.69, 9.17) is 11.6 Å². The van der Waals surface area contributed by atoms with E-state index in [1.807, 2.05) is 0 Å². The average Bonchev–Trinajstić information content (AvgIpc) is 2.14. The third-order valence-corrected chi connectivity index (χ3v) is 3.82. The molecule has 0 atom stereocenters. The summed E-state index contributed by atoms with van der Waals surface area (Å²) in [5.41, 5.74) is 0.303. The second-order valence-electron chi connectivity index (χ2n) is 3.36. The zero-order valence-corrected chi connectivity index (χ0v) is 10.7. The fraction of sp³-hybridized carbons (Fsp3) is 0.200. The molecule has 0 bridgehead atoms. The van der Waals surface area contributed by atoms with E-state index in [-0.39, 0.29) is 15.7 Å². The number of carbonyl (C=O) groups is 2. The van der Waals surface area contributed by atoms with Crippen molar-refractivity contribution < 1.29 is 18.0 Å². The van der Waals surface area contributed by atoms with Gasteiger partial charge < -0.3 is 0 Å². The van der Waals surface area contributed by atoms with Crippen LogP contribution in [0.3, 0.4) is 0 Å². The summed E-state index contributed by atoms with van der Waals surface area (Å²) < 4.78 is 25.1. The Morgan fingerprint density at radius 2 is 1.82 bits per heavy atom. The summed E-state index contributed by atoms with van der Waals surface area (Å²) in [5.74, 6) is -0.938. The van der Waals surface area contributed by atoms with Crippen molar-refractivity contribution in [3.8, 4) is 0 Å². The van der Waals surface area contributed by atoms with Gasteiger partial charge >= 0.3 is 0 Å². The molecule has 5 nitrogen and oxygen atoms in total. The molecule has 0 saturated heterocycles. The van der Waals surface area contributed by atoms with E-state index < -0.39 is 15.9 Å². The maximum atomic E-state index is 11.6. The average molecular weight is 276 g/mol. The van der Waals surface area contributed by atoms with Crippen LogP contribution in [0.25, 0.3) is 0 Å². The van der Waals surface area contributed by atoms with Crippen molar-refractivity contribution >= 4 is 33.3 Å². The zero-order valence-electron chi connectivity index (χ0n) is 9.15. The minimum absolute atomic E-state index is 0.105. The topological polar surface area (TPSA) is 80.3 Å². The largest absolute Gasteiger partial charge is 0.295 e.